The van der Waals surface area contributed by atoms with Gasteiger partial charge in [0.1, 0.15) is 0 Å². The lowest BCUT2D eigenvalue weighted by molar-refractivity contribution is 0.636. The quantitative estimate of drug-likeness (QED) is 0.712. The van der Waals surface area contributed by atoms with Crippen LogP contribution in [-0.4, -0.2) is 10.2 Å². The molecular weight excluding hydrogens is 174 g/mol. The molecule has 3 nitrogen and oxygen atoms in total. The molecule has 0 amide bonds. The summed E-state index contributed by atoms with van der Waals surface area (Å²) < 4.78 is 0. The van der Waals surface area contributed by atoms with Gasteiger partial charge in [-0.1, -0.05) is 19.9 Å². The molecule has 0 saturated heterocycles. The number of aromatic nitrogens is 2. The molecule has 0 fully saturated rings. The Morgan fingerprint density at radius 2 is 2.21 bits per heavy atom. The summed E-state index contributed by atoms with van der Waals surface area (Å²) in [6, 6.07) is 5.82. The highest BCUT2D eigenvalue weighted by Gasteiger charge is 2.08. The molecule has 1 heterocycles. The van der Waals surface area contributed by atoms with Crippen molar-refractivity contribution in [3.8, 4) is 0 Å². The first-order valence-electron chi connectivity index (χ1n) is 4.90. The Kier molecular flexibility index (Phi) is 2.15. The summed E-state index contributed by atoms with van der Waals surface area (Å²) in [5, 5.41) is 8.37. The normalized spacial score (nSPS) is 11.4. The molecule has 14 heavy (non-hydrogen) atoms. The van der Waals surface area contributed by atoms with Crippen molar-refractivity contribution in [3.05, 3.63) is 23.9 Å². The van der Waals surface area contributed by atoms with E-state index in [4.69, 9.17) is 5.73 Å². The third kappa shape index (κ3) is 1.45. The zero-order valence-corrected chi connectivity index (χ0v) is 8.54. The van der Waals surface area contributed by atoms with Crippen molar-refractivity contribution >= 4 is 16.6 Å². The Balaban J connectivity index is 2.55. The number of aromatic amines is 1. The number of H-pyrrole nitrogens is 1. The van der Waals surface area contributed by atoms with Gasteiger partial charge in [0, 0.05) is 16.8 Å². The van der Waals surface area contributed by atoms with E-state index in [-0.39, 0.29) is 0 Å². The molecule has 0 aliphatic rings. The van der Waals surface area contributed by atoms with Crippen molar-refractivity contribution in [1.29, 1.82) is 0 Å². The molecule has 0 bridgehead atoms. The highest BCUT2D eigenvalue weighted by Crippen LogP contribution is 2.24. The minimum absolute atomic E-state index is 0.609. The summed E-state index contributed by atoms with van der Waals surface area (Å²) in [7, 11) is 0. The number of nitrogens with zero attached hydrogens (tertiary/aromatic N) is 1. The van der Waals surface area contributed by atoms with Crippen molar-refractivity contribution in [3.63, 3.8) is 0 Å². The van der Waals surface area contributed by atoms with Crippen LogP contribution in [0.3, 0.4) is 0 Å². The maximum Gasteiger partial charge on any atom is 0.0944 e. The zero-order valence-electron chi connectivity index (χ0n) is 8.54. The van der Waals surface area contributed by atoms with Crippen LogP contribution in [0.25, 0.3) is 10.9 Å². The molecule has 1 aromatic heterocycles. The first-order valence-corrected chi connectivity index (χ1v) is 4.90. The first kappa shape index (κ1) is 9.06. The van der Waals surface area contributed by atoms with Gasteiger partial charge < -0.3 is 5.73 Å². The number of fused-ring (bicyclic) bond motifs is 1. The Morgan fingerprint density at radius 1 is 1.43 bits per heavy atom. The first-order chi connectivity index (χ1) is 6.68. The molecule has 0 unspecified atom stereocenters. The Bertz CT molecular complexity index is 443. The molecule has 0 aliphatic heterocycles. The third-order valence-corrected chi connectivity index (χ3v) is 2.30. The highest BCUT2D eigenvalue weighted by molar-refractivity contribution is 5.92. The summed E-state index contributed by atoms with van der Waals surface area (Å²) in [4.78, 5) is 0. The van der Waals surface area contributed by atoms with Crippen LogP contribution in [0.1, 0.15) is 19.5 Å². The molecule has 0 spiro atoms. The van der Waals surface area contributed by atoms with E-state index < -0.39 is 0 Å². The average molecular weight is 189 g/mol. The summed E-state index contributed by atoms with van der Waals surface area (Å²) in [6.45, 7) is 4.37. The van der Waals surface area contributed by atoms with Gasteiger partial charge in [0.25, 0.3) is 0 Å². The number of nitrogen functional groups attached to an aromatic ring is 1. The van der Waals surface area contributed by atoms with E-state index in [1.165, 1.54) is 0 Å². The van der Waals surface area contributed by atoms with E-state index in [1.54, 1.807) is 0 Å². The van der Waals surface area contributed by atoms with Gasteiger partial charge in [0.2, 0.25) is 0 Å². The number of hydrogen-bond acceptors (Lipinski definition) is 2. The molecule has 0 atom stereocenters. The Morgan fingerprint density at radius 3 is 2.93 bits per heavy atom. The molecule has 3 heteroatoms. The van der Waals surface area contributed by atoms with E-state index in [0.717, 1.165) is 28.7 Å². The molecule has 74 valence electrons. The number of anilines is 1. The summed E-state index contributed by atoms with van der Waals surface area (Å²) in [5.41, 5.74) is 8.83. The van der Waals surface area contributed by atoms with Gasteiger partial charge in [0.15, 0.2) is 0 Å². The van der Waals surface area contributed by atoms with Crippen LogP contribution < -0.4 is 5.73 Å². The van der Waals surface area contributed by atoms with E-state index in [1.807, 2.05) is 18.2 Å². The lowest BCUT2D eigenvalue weighted by atomic mass is 10.0. The molecule has 0 aliphatic carbocycles. The van der Waals surface area contributed by atoms with Crippen molar-refractivity contribution in [2.75, 3.05) is 5.73 Å². The number of rotatable bonds is 2. The average Bonchev–Trinajstić information content (AvgIpc) is 2.49. The second-order valence-electron chi connectivity index (χ2n) is 4.04. The monoisotopic (exact) mass is 189 g/mol. The van der Waals surface area contributed by atoms with Crippen molar-refractivity contribution in [1.82, 2.24) is 10.2 Å². The van der Waals surface area contributed by atoms with Crippen LogP contribution in [0, 0.1) is 5.92 Å². The molecule has 2 rings (SSSR count). The number of nitrogens with one attached hydrogen (secondary N) is 1. The maximum atomic E-state index is 5.92. The minimum atomic E-state index is 0.609. The van der Waals surface area contributed by atoms with E-state index in [0.29, 0.717) is 5.92 Å². The summed E-state index contributed by atoms with van der Waals surface area (Å²) >= 11 is 0. The van der Waals surface area contributed by atoms with E-state index in [9.17, 15) is 0 Å². The van der Waals surface area contributed by atoms with Gasteiger partial charge in [-0.15, -0.1) is 0 Å². The molecular formula is C11H15N3. The van der Waals surface area contributed by atoms with E-state index in [2.05, 4.69) is 24.0 Å². The lowest BCUT2D eigenvalue weighted by Gasteiger charge is -2.03. The van der Waals surface area contributed by atoms with Crippen LogP contribution in [0.15, 0.2) is 18.2 Å². The molecule has 1 aromatic carbocycles. The molecule has 0 radical (unpaired) electrons. The van der Waals surface area contributed by atoms with Gasteiger partial charge >= 0.3 is 0 Å². The number of nitrogens with two attached hydrogens (primary N) is 1. The van der Waals surface area contributed by atoms with Crippen LogP contribution in [0.2, 0.25) is 0 Å². The van der Waals surface area contributed by atoms with Crippen molar-refractivity contribution in [2.24, 2.45) is 5.92 Å². The van der Waals surface area contributed by atoms with Crippen molar-refractivity contribution in [2.45, 2.75) is 20.3 Å². The van der Waals surface area contributed by atoms with Crippen LogP contribution >= 0.6 is 0 Å². The number of benzene rings is 1. The minimum Gasteiger partial charge on any atom is -0.398 e. The maximum absolute atomic E-state index is 5.92. The second-order valence-corrected chi connectivity index (χ2v) is 4.04. The fourth-order valence-corrected chi connectivity index (χ4v) is 1.72. The SMILES string of the molecule is CC(C)Cc1[nH]nc2cccc(N)c12. The second kappa shape index (κ2) is 3.33. The summed E-state index contributed by atoms with van der Waals surface area (Å²) in [5.74, 6) is 0.609. The van der Waals surface area contributed by atoms with Gasteiger partial charge in [-0.05, 0) is 24.5 Å². The molecule has 2 aromatic rings. The standard InChI is InChI=1S/C11H15N3/c1-7(2)6-10-11-8(12)4-3-5-9(11)13-14-10/h3-5,7H,6,12H2,1-2H3,(H,13,14). The van der Waals surface area contributed by atoms with Gasteiger partial charge in [-0.2, -0.15) is 5.10 Å². The van der Waals surface area contributed by atoms with Crippen LogP contribution in [-0.2, 0) is 6.42 Å². The molecule has 0 saturated carbocycles. The fraction of sp³-hybridized carbons (Fsp3) is 0.364. The molecule has 3 N–H and O–H groups in total. The summed E-state index contributed by atoms with van der Waals surface area (Å²) in [6.07, 6.45) is 0.991. The van der Waals surface area contributed by atoms with Gasteiger partial charge in [0.05, 0.1) is 5.52 Å². The highest BCUT2D eigenvalue weighted by atomic mass is 15.1. The van der Waals surface area contributed by atoms with Crippen LogP contribution in [0.5, 0.6) is 0 Å². The Hall–Kier alpha value is -1.51. The van der Waals surface area contributed by atoms with Gasteiger partial charge in [-0.3, -0.25) is 5.10 Å². The topological polar surface area (TPSA) is 54.7 Å². The van der Waals surface area contributed by atoms with E-state index >= 15 is 0 Å². The van der Waals surface area contributed by atoms with Crippen molar-refractivity contribution < 1.29 is 0 Å². The predicted molar refractivity (Wildman–Crippen MR) is 59.0 cm³/mol. The lowest BCUT2D eigenvalue weighted by Crippen LogP contribution is -1.96. The number of hydrogen-bond donors (Lipinski definition) is 2. The predicted octanol–water partition coefficient (Wildman–Crippen LogP) is 2.34. The zero-order chi connectivity index (χ0) is 10.1. The smallest absolute Gasteiger partial charge is 0.0944 e. The van der Waals surface area contributed by atoms with Gasteiger partial charge in [-0.25, -0.2) is 0 Å². The van der Waals surface area contributed by atoms with Crippen LogP contribution in [0.4, 0.5) is 5.69 Å². The third-order valence-electron chi connectivity index (χ3n) is 2.30. The Labute approximate surface area is 83.3 Å². The largest absolute Gasteiger partial charge is 0.398 e. The fourth-order valence-electron chi connectivity index (χ4n) is 1.72.